The number of allylic oxidation sites excluding steroid dienone is 7. The highest BCUT2D eigenvalue weighted by molar-refractivity contribution is 5.97. The molecule has 7 nitrogen and oxygen atoms in total. The molecule has 4 heterocycles. The molecule has 0 radical (unpaired) electrons. The van der Waals surface area contributed by atoms with E-state index in [0.29, 0.717) is 5.82 Å². The second kappa shape index (κ2) is 10.7. The van der Waals surface area contributed by atoms with Gasteiger partial charge in [-0.3, -0.25) is 15.1 Å². The number of H-pyrrole nitrogens is 2. The SMILES string of the molecule is C=C/C(=C\C(=C/C)c1cc2c(-c3nc4c(C5=CCC=C5)nccc4[nH]3)n[nH]c2cn1)CNCC1CCCC1. The lowest BCUT2D eigenvalue weighted by Gasteiger charge is -2.11. The van der Waals surface area contributed by atoms with Gasteiger partial charge in [0.25, 0.3) is 0 Å². The number of hydrogen-bond acceptors (Lipinski definition) is 5. The van der Waals surface area contributed by atoms with Gasteiger partial charge in [0, 0.05) is 18.1 Å². The molecule has 1 fully saturated rings. The Morgan fingerprint density at radius 3 is 2.87 bits per heavy atom. The maximum Gasteiger partial charge on any atom is 0.159 e. The van der Waals surface area contributed by atoms with E-state index in [1.807, 2.05) is 31.5 Å². The summed E-state index contributed by atoms with van der Waals surface area (Å²) in [5, 5.41) is 12.3. The maximum atomic E-state index is 4.93. The van der Waals surface area contributed by atoms with E-state index >= 15 is 0 Å². The summed E-state index contributed by atoms with van der Waals surface area (Å²) in [6, 6.07) is 4.04. The van der Waals surface area contributed by atoms with Gasteiger partial charge in [0.2, 0.25) is 0 Å². The van der Waals surface area contributed by atoms with Crippen LogP contribution in [0.3, 0.4) is 0 Å². The summed E-state index contributed by atoms with van der Waals surface area (Å²) < 4.78 is 0. The molecule has 192 valence electrons. The molecule has 0 aromatic carbocycles. The van der Waals surface area contributed by atoms with Crippen molar-refractivity contribution in [3.8, 4) is 11.5 Å². The molecule has 0 spiro atoms. The van der Waals surface area contributed by atoms with E-state index in [1.54, 1.807) is 0 Å². The van der Waals surface area contributed by atoms with Crippen LogP contribution in [0.15, 0.2) is 73.1 Å². The van der Waals surface area contributed by atoms with Crippen LogP contribution < -0.4 is 5.32 Å². The van der Waals surface area contributed by atoms with Crippen LogP contribution in [0.25, 0.3) is 44.6 Å². The van der Waals surface area contributed by atoms with Crippen LogP contribution in [0.4, 0.5) is 0 Å². The second-order valence-electron chi connectivity index (χ2n) is 10.1. The molecule has 0 atom stereocenters. The highest BCUT2D eigenvalue weighted by atomic mass is 15.1. The number of nitrogens with zero attached hydrogens (tertiary/aromatic N) is 4. The first-order chi connectivity index (χ1) is 18.7. The van der Waals surface area contributed by atoms with E-state index in [4.69, 9.17) is 9.97 Å². The molecule has 0 unspecified atom stereocenters. The fraction of sp³-hybridized carbons (Fsp3) is 0.290. The van der Waals surface area contributed by atoms with Gasteiger partial charge in [0.05, 0.1) is 28.6 Å². The first-order valence-corrected chi connectivity index (χ1v) is 13.5. The Balaban J connectivity index is 1.30. The van der Waals surface area contributed by atoms with E-state index in [2.05, 4.69) is 68.5 Å². The van der Waals surface area contributed by atoms with Crippen molar-refractivity contribution in [3.05, 3.63) is 84.5 Å². The van der Waals surface area contributed by atoms with E-state index in [1.165, 1.54) is 25.7 Å². The first-order valence-electron chi connectivity index (χ1n) is 13.5. The van der Waals surface area contributed by atoms with Crippen LogP contribution in [0.5, 0.6) is 0 Å². The summed E-state index contributed by atoms with van der Waals surface area (Å²) in [7, 11) is 0. The zero-order valence-corrected chi connectivity index (χ0v) is 21.8. The van der Waals surface area contributed by atoms with Crippen molar-refractivity contribution < 1.29 is 0 Å². The van der Waals surface area contributed by atoms with Gasteiger partial charge in [-0.2, -0.15) is 5.10 Å². The van der Waals surface area contributed by atoms with Crippen molar-refractivity contribution >= 4 is 33.1 Å². The molecule has 3 N–H and O–H groups in total. The van der Waals surface area contributed by atoms with Crippen LogP contribution in [0, 0.1) is 5.92 Å². The fourth-order valence-electron chi connectivity index (χ4n) is 5.47. The fourth-order valence-corrected chi connectivity index (χ4v) is 5.47. The Kier molecular flexibility index (Phi) is 6.84. The number of aromatic amines is 2. The largest absolute Gasteiger partial charge is 0.336 e. The molecule has 1 saturated carbocycles. The topological polar surface area (TPSA) is 95.2 Å². The van der Waals surface area contributed by atoms with Gasteiger partial charge in [-0.25, -0.2) is 4.98 Å². The first kappa shape index (κ1) is 24.2. The summed E-state index contributed by atoms with van der Waals surface area (Å²) in [5.41, 5.74) is 8.50. The molecular formula is C31H33N7. The Morgan fingerprint density at radius 2 is 2.08 bits per heavy atom. The van der Waals surface area contributed by atoms with Gasteiger partial charge < -0.3 is 10.3 Å². The predicted octanol–water partition coefficient (Wildman–Crippen LogP) is 6.54. The third kappa shape index (κ3) is 4.77. The van der Waals surface area contributed by atoms with Gasteiger partial charge >= 0.3 is 0 Å². The molecule has 6 rings (SSSR count). The maximum absolute atomic E-state index is 4.93. The van der Waals surface area contributed by atoms with E-state index in [9.17, 15) is 0 Å². The van der Waals surface area contributed by atoms with Gasteiger partial charge in [-0.1, -0.05) is 49.8 Å². The molecule has 7 heteroatoms. The van der Waals surface area contributed by atoms with Crippen LogP contribution in [0.2, 0.25) is 0 Å². The quantitative estimate of drug-likeness (QED) is 0.226. The van der Waals surface area contributed by atoms with Crippen LogP contribution >= 0.6 is 0 Å². The van der Waals surface area contributed by atoms with Gasteiger partial charge in [0.15, 0.2) is 5.82 Å². The van der Waals surface area contributed by atoms with Crippen LogP contribution in [-0.4, -0.2) is 43.2 Å². The highest BCUT2D eigenvalue weighted by Crippen LogP contribution is 2.31. The zero-order valence-electron chi connectivity index (χ0n) is 21.8. The molecule has 4 aromatic heterocycles. The Labute approximate surface area is 222 Å². The number of fused-ring (bicyclic) bond motifs is 2. The number of imidazole rings is 1. The molecule has 4 aromatic rings. The van der Waals surface area contributed by atoms with Gasteiger partial charge in [-0.15, -0.1) is 0 Å². The molecule has 0 aliphatic heterocycles. The molecule has 2 aliphatic rings. The van der Waals surface area contributed by atoms with E-state index < -0.39 is 0 Å². The molecule has 38 heavy (non-hydrogen) atoms. The lowest BCUT2D eigenvalue weighted by Crippen LogP contribution is -2.23. The summed E-state index contributed by atoms with van der Waals surface area (Å²) in [6.07, 6.45) is 22.6. The van der Waals surface area contributed by atoms with Gasteiger partial charge in [-0.05, 0) is 73.6 Å². The molecule has 0 bridgehead atoms. The predicted molar refractivity (Wildman–Crippen MR) is 155 cm³/mol. The van der Waals surface area contributed by atoms with Crippen molar-refractivity contribution in [2.24, 2.45) is 5.92 Å². The van der Waals surface area contributed by atoms with Crippen molar-refractivity contribution in [1.29, 1.82) is 0 Å². The summed E-state index contributed by atoms with van der Waals surface area (Å²) >= 11 is 0. The minimum absolute atomic E-state index is 0.709. The number of aromatic nitrogens is 6. The standard InChI is InChI=1S/C31H33N7/c1-3-20(17-32-18-21-9-5-6-10-21)15-22(4-2)26-16-24-27(19-34-26)37-38-29(24)31-35-25-13-14-33-28(30(25)36-31)23-11-7-8-12-23/h3-4,7,11-16,19,21,32H,1,5-6,8-10,17-18H2,2H3,(H,35,36)(H,37,38)/b20-15+,22-4+. The molecule has 2 aliphatic carbocycles. The summed E-state index contributed by atoms with van der Waals surface area (Å²) in [5.74, 6) is 1.52. The Hall–Kier alpha value is -4.10. The summed E-state index contributed by atoms with van der Waals surface area (Å²) in [6.45, 7) is 7.96. The number of nitrogens with one attached hydrogen (secondary N) is 3. The lowest BCUT2D eigenvalue weighted by atomic mass is 10.0. The van der Waals surface area contributed by atoms with E-state index in [0.717, 1.165) is 81.2 Å². The molecule has 0 amide bonds. The normalized spacial score (nSPS) is 16.7. The van der Waals surface area contributed by atoms with Crippen LogP contribution in [-0.2, 0) is 0 Å². The lowest BCUT2D eigenvalue weighted by molar-refractivity contribution is 0.503. The highest BCUT2D eigenvalue weighted by Gasteiger charge is 2.18. The zero-order chi connectivity index (χ0) is 25.9. The minimum atomic E-state index is 0.709. The van der Waals surface area contributed by atoms with Crippen molar-refractivity contribution in [1.82, 2.24) is 35.5 Å². The molecule has 0 saturated heterocycles. The van der Waals surface area contributed by atoms with Crippen molar-refractivity contribution in [2.75, 3.05) is 13.1 Å². The van der Waals surface area contributed by atoms with E-state index in [-0.39, 0.29) is 0 Å². The average Bonchev–Trinajstić information content (AvgIpc) is 3.76. The number of rotatable bonds is 9. The number of pyridine rings is 2. The molecular weight excluding hydrogens is 470 g/mol. The second-order valence-corrected chi connectivity index (χ2v) is 10.1. The monoisotopic (exact) mass is 503 g/mol. The van der Waals surface area contributed by atoms with Crippen molar-refractivity contribution in [3.63, 3.8) is 0 Å². The van der Waals surface area contributed by atoms with Crippen LogP contribution in [0.1, 0.15) is 50.4 Å². The minimum Gasteiger partial charge on any atom is -0.336 e. The third-order valence-electron chi connectivity index (χ3n) is 7.56. The Morgan fingerprint density at radius 1 is 1.18 bits per heavy atom. The summed E-state index contributed by atoms with van der Waals surface area (Å²) in [4.78, 5) is 17.7. The third-order valence-corrected chi connectivity index (χ3v) is 7.56. The average molecular weight is 504 g/mol. The number of hydrogen-bond donors (Lipinski definition) is 3. The smallest absolute Gasteiger partial charge is 0.159 e. The van der Waals surface area contributed by atoms with Gasteiger partial charge in [0.1, 0.15) is 11.2 Å². The van der Waals surface area contributed by atoms with Crippen molar-refractivity contribution in [2.45, 2.75) is 39.0 Å². The Bertz CT molecular complexity index is 1610.